The molecule has 0 spiro atoms. The highest BCUT2D eigenvalue weighted by Crippen LogP contribution is 2.60. The van der Waals surface area contributed by atoms with Crippen molar-refractivity contribution in [1.82, 2.24) is 0 Å². The number of hydrogen-bond acceptors (Lipinski definition) is 3. The van der Waals surface area contributed by atoms with Gasteiger partial charge in [-0.3, -0.25) is 0 Å². The van der Waals surface area contributed by atoms with E-state index in [0.717, 1.165) is 24.2 Å². The molecule has 8 aromatic carbocycles. The summed E-state index contributed by atoms with van der Waals surface area (Å²) in [4.78, 5) is 2.64. The van der Waals surface area contributed by atoms with E-state index in [9.17, 15) is 0 Å². The van der Waals surface area contributed by atoms with Crippen LogP contribution in [0.2, 0.25) is 0 Å². The minimum atomic E-state index is -0.453. The highest BCUT2D eigenvalue weighted by Gasteiger charge is 2.49. The first kappa shape index (κ1) is 38.8. The maximum Gasteiger partial charge on any atom is 0.197 e. The number of para-hydroxylation sites is 2. The second-order valence-corrected chi connectivity index (χ2v) is 21.2. The molecule has 0 fully saturated rings. The first-order valence-corrected chi connectivity index (χ1v) is 24.3. The number of hydrogen-bond donors (Lipinski definition) is 1. The zero-order valence-electron chi connectivity index (χ0n) is 37.5. The maximum absolute atomic E-state index is 4.10. The lowest BCUT2D eigenvalue weighted by Gasteiger charge is -2.50. The number of nitrogens with one attached hydrogen (secondary N) is 1. The second-order valence-electron chi connectivity index (χ2n) is 20.1. The van der Waals surface area contributed by atoms with Crippen molar-refractivity contribution in [3.8, 4) is 11.1 Å². The molecule has 1 atom stereocenters. The van der Waals surface area contributed by atoms with Gasteiger partial charge in [-0.1, -0.05) is 172 Å². The molecule has 2 aliphatic carbocycles. The van der Waals surface area contributed by atoms with Crippen molar-refractivity contribution < 1.29 is 0 Å². The van der Waals surface area contributed by atoms with Crippen LogP contribution in [-0.4, -0.2) is 7.28 Å². The van der Waals surface area contributed by atoms with Crippen LogP contribution in [0, 0.1) is 0 Å². The molecule has 13 rings (SSSR count). The minimum Gasteiger partial charge on any atom is -0.355 e. The molecule has 0 saturated carbocycles. The second kappa shape index (κ2) is 14.2. The summed E-state index contributed by atoms with van der Waals surface area (Å²) < 4.78 is 2.61. The van der Waals surface area contributed by atoms with Gasteiger partial charge in [-0.05, 0) is 123 Å². The van der Waals surface area contributed by atoms with E-state index in [1.807, 2.05) is 11.3 Å². The summed E-state index contributed by atoms with van der Waals surface area (Å²) >= 11 is 1.89. The highest BCUT2D eigenvalue weighted by molar-refractivity contribution is 7.25. The van der Waals surface area contributed by atoms with Crippen molar-refractivity contribution in [2.45, 2.75) is 69.6 Å². The molecule has 1 N–H and O–H groups in total. The summed E-state index contributed by atoms with van der Waals surface area (Å²) in [6.07, 6.45) is 11.4. The summed E-state index contributed by atoms with van der Waals surface area (Å²) in [5, 5.41) is 9.18. The van der Waals surface area contributed by atoms with E-state index in [-0.39, 0.29) is 10.8 Å². The van der Waals surface area contributed by atoms with Gasteiger partial charge >= 0.3 is 0 Å². The lowest BCUT2D eigenvalue weighted by molar-refractivity contribution is 0.332. The monoisotopic (exact) mass is 853 g/mol. The fourth-order valence-electron chi connectivity index (χ4n) is 12.2. The summed E-state index contributed by atoms with van der Waals surface area (Å²) in [5.41, 5.74) is 19.1. The average Bonchev–Trinajstić information content (AvgIpc) is 3.70. The summed E-state index contributed by atoms with van der Waals surface area (Å²) in [6.45, 7) is 9.67. The number of fused-ring (bicyclic) bond motifs is 10. The largest absolute Gasteiger partial charge is 0.355 e. The molecular formula is C61H50BN2S. The summed E-state index contributed by atoms with van der Waals surface area (Å²) in [6, 6.07) is 60.1. The number of allylic oxidation sites excluding steroid dienone is 4. The Hall–Kier alpha value is -6.62. The Morgan fingerprint density at radius 2 is 1.34 bits per heavy atom. The fourth-order valence-corrected chi connectivity index (χ4v) is 13.3. The third-order valence-electron chi connectivity index (χ3n) is 15.5. The van der Waals surface area contributed by atoms with Crippen LogP contribution >= 0.6 is 11.3 Å². The molecule has 2 aliphatic heterocycles. The van der Waals surface area contributed by atoms with Gasteiger partial charge in [0.05, 0.1) is 11.1 Å². The van der Waals surface area contributed by atoms with Crippen LogP contribution in [0.3, 0.4) is 0 Å². The van der Waals surface area contributed by atoms with Crippen molar-refractivity contribution in [3.05, 3.63) is 209 Å². The maximum atomic E-state index is 4.10. The molecule has 4 aliphatic rings. The third kappa shape index (κ3) is 5.66. The standard InChI is InChI=1S/C61H50BN2S/c1-59(2)32-33-60(3,4)50-35-41(30-31-47(50)59)63-52-36-45-43-24-13-16-29-54(43)65-55(45)37-44(52)46-34-38-18-11-12-23-42(38)57-56(46)62-51-27-17-26-49-58(51)64(57)53-28-15-14-25-48(53)61(49,39-19-7-5-8-20-39)40-21-9-6-10-22-40/h5-9,11-21,23-31,34-37,63H,10,22,32-33H2,1-4H3. The van der Waals surface area contributed by atoms with Crippen LogP contribution in [0.1, 0.15) is 81.2 Å². The number of nitrogens with zero attached hydrogens (tertiary/aromatic N) is 1. The van der Waals surface area contributed by atoms with Crippen molar-refractivity contribution in [1.29, 1.82) is 0 Å². The van der Waals surface area contributed by atoms with E-state index < -0.39 is 5.41 Å². The van der Waals surface area contributed by atoms with Crippen LogP contribution in [0.25, 0.3) is 42.1 Å². The molecule has 313 valence electrons. The van der Waals surface area contributed by atoms with Gasteiger partial charge in [0, 0.05) is 53.9 Å². The Morgan fingerprint density at radius 1 is 0.585 bits per heavy atom. The molecule has 4 heteroatoms. The van der Waals surface area contributed by atoms with E-state index in [0.29, 0.717) is 0 Å². The molecule has 1 aromatic heterocycles. The smallest absolute Gasteiger partial charge is 0.197 e. The zero-order chi connectivity index (χ0) is 43.7. The first-order valence-electron chi connectivity index (χ1n) is 23.4. The Balaban J connectivity index is 1.08. The van der Waals surface area contributed by atoms with Crippen LogP contribution < -0.4 is 21.1 Å². The van der Waals surface area contributed by atoms with Gasteiger partial charge in [0.25, 0.3) is 0 Å². The number of anilines is 5. The van der Waals surface area contributed by atoms with Gasteiger partial charge < -0.3 is 10.2 Å². The lowest BCUT2D eigenvalue weighted by atomic mass is 9.53. The summed E-state index contributed by atoms with van der Waals surface area (Å²) in [5.74, 6) is 0. The average molecular weight is 854 g/mol. The fraction of sp³-hybridized carbons (Fsp3) is 0.180. The van der Waals surface area contributed by atoms with Crippen LogP contribution in [0.5, 0.6) is 0 Å². The van der Waals surface area contributed by atoms with Crippen molar-refractivity contribution >= 4 is 88.9 Å². The topological polar surface area (TPSA) is 15.3 Å². The lowest BCUT2D eigenvalue weighted by Crippen LogP contribution is -2.47. The predicted molar refractivity (Wildman–Crippen MR) is 280 cm³/mol. The van der Waals surface area contributed by atoms with Crippen LogP contribution in [-0.2, 0) is 16.2 Å². The third-order valence-corrected chi connectivity index (χ3v) is 16.6. The summed E-state index contributed by atoms with van der Waals surface area (Å²) in [7, 11) is 2.51. The molecule has 0 saturated heterocycles. The molecule has 0 amide bonds. The van der Waals surface area contributed by atoms with Gasteiger partial charge in [-0.25, -0.2) is 0 Å². The molecule has 3 heterocycles. The minimum absolute atomic E-state index is 0.102. The van der Waals surface area contributed by atoms with Gasteiger partial charge in [-0.15, -0.1) is 11.3 Å². The van der Waals surface area contributed by atoms with Gasteiger partial charge in [0.1, 0.15) is 0 Å². The molecule has 0 bridgehead atoms. The molecule has 1 radical (unpaired) electrons. The van der Waals surface area contributed by atoms with Crippen molar-refractivity contribution in [2.24, 2.45) is 0 Å². The van der Waals surface area contributed by atoms with E-state index in [4.69, 9.17) is 0 Å². The molecular weight excluding hydrogens is 804 g/mol. The molecule has 2 nitrogen and oxygen atoms in total. The Morgan fingerprint density at radius 3 is 2.18 bits per heavy atom. The molecule has 65 heavy (non-hydrogen) atoms. The SMILES string of the molecule is CC1(C)CCC(C)(C)c2cc(Nc3cc4c(cc3-c3cc5ccccc5c5c3[B]c3cccc6c3N5c3ccccc3C6(C3=CC=CCC3)c3ccccc3)sc3ccccc34)ccc21. The van der Waals surface area contributed by atoms with Crippen molar-refractivity contribution in [3.63, 3.8) is 0 Å². The predicted octanol–water partition coefficient (Wildman–Crippen LogP) is 15.3. The highest BCUT2D eigenvalue weighted by atomic mass is 32.1. The normalized spacial score (nSPS) is 18.6. The van der Waals surface area contributed by atoms with Crippen LogP contribution in [0.4, 0.5) is 28.4 Å². The number of benzene rings is 8. The van der Waals surface area contributed by atoms with E-state index in [1.54, 1.807) is 0 Å². The van der Waals surface area contributed by atoms with Gasteiger partial charge in [0.15, 0.2) is 7.28 Å². The Bertz CT molecular complexity index is 3520. The molecule has 9 aromatic rings. The van der Waals surface area contributed by atoms with Gasteiger partial charge in [0.2, 0.25) is 0 Å². The number of rotatable bonds is 5. The van der Waals surface area contributed by atoms with E-state index in [2.05, 4.69) is 221 Å². The van der Waals surface area contributed by atoms with Crippen LogP contribution in [0.15, 0.2) is 182 Å². The first-order chi connectivity index (χ1) is 31.7. The number of thiophene rings is 1. The van der Waals surface area contributed by atoms with Gasteiger partial charge in [-0.2, -0.15) is 0 Å². The van der Waals surface area contributed by atoms with E-state index >= 15 is 0 Å². The molecule has 1 unspecified atom stereocenters. The Labute approximate surface area is 387 Å². The quantitative estimate of drug-likeness (QED) is 0.174. The zero-order valence-corrected chi connectivity index (χ0v) is 38.3. The Kier molecular flexibility index (Phi) is 8.47. The van der Waals surface area contributed by atoms with Crippen molar-refractivity contribution in [2.75, 3.05) is 10.2 Å². The van der Waals surface area contributed by atoms with E-state index in [1.165, 1.54) is 116 Å².